The number of carbonyl (C=O) groups is 1. The smallest absolute Gasteiger partial charge is 0.224 e. The van der Waals surface area contributed by atoms with E-state index in [0.717, 1.165) is 18.7 Å². The fourth-order valence-corrected chi connectivity index (χ4v) is 4.57. The molecule has 2 aliphatic rings. The molecule has 9 nitrogen and oxygen atoms in total. The van der Waals surface area contributed by atoms with Crippen LogP contribution in [0.1, 0.15) is 12.0 Å². The molecular weight excluding hydrogens is 370 g/mol. The summed E-state index contributed by atoms with van der Waals surface area (Å²) >= 11 is 0. The van der Waals surface area contributed by atoms with Crippen molar-refractivity contribution in [2.24, 2.45) is 0 Å². The number of hydrogen-bond donors (Lipinski definition) is 0. The van der Waals surface area contributed by atoms with Gasteiger partial charge in [-0.3, -0.25) is 14.4 Å². The Kier molecular flexibility index (Phi) is 6.51. The molecule has 1 amide bonds. The maximum absolute atomic E-state index is 12.3. The first kappa shape index (κ1) is 20.2. The van der Waals surface area contributed by atoms with Gasteiger partial charge >= 0.3 is 0 Å². The van der Waals surface area contributed by atoms with E-state index < -0.39 is 10.0 Å². The minimum Gasteiger partial charge on any atom is -0.379 e. The predicted molar refractivity (Wildman–Crippen MR) is 101 cm³/mol. The van der Waals surface area contributed by atoms with E-state index in [-0.39, 0.29) is 11.9 Å². The Morgan fingerprint density at radius 1 is 1.30 bits per heavy atom. The van der Waals surface area contributed by atoms with Gasteiger partial charge < -0.3 is 9.64 Å². The Balaban J connectivity index is 1.46. The number of ether oxygens (including phenoxy) is 1. The SMILES string of the molecule is Cc1cnn(CCC(=O)N2CC(N(CCN3CCOCC3)S(C)(=O)=O)C2)c1. The molecule has 10 heteroatoms. The highest BCUT2D eigenvalue weighted by Gasteiger charge is 2.38. The molecule has 2 aliphatic heterocycles. The fraction of sp³-hybridized carbons (Fsp3) is 0.765. The van der Waals surface area contributed by atoms with Crippen molar-refractivity contribution in [3.63, 3.8) is 0 Å². The van der Waals surface area contributed by atoms with E-state index in [1.807, 2.05) is 13.1 Å². The molecule has 1 aromatic heterocycles. The minimum atomic E-state index is -3.30. The van der Waals surface area contributed by atoms with Gasteiger partial charge in [-0.25, -0.2) is 8.42 Å². The standard InChI is InChI=1S/C17H29N5O4S/c1-15-11-18-21(12-15)4-3-17(23)20-13-16(14-20)22(27(2,24)25)6-5-19-7-9-26-10-8-19/h11-12,16H,3-10,13-14H2,1-2H3. The average Bonchev–Trinajstić information content (AvgIpc) is 3.00. The number of rotatable bonds is 8. The molecule has 2 fully saturated rings. The number of likely N-dealkylation sites (tertiary alicyclic amines) is 1. The molecule has 2 saturated heterocycles. The van der Waals surface area contributed by atoms with Gasteiger partial charge in [0.2, 0.25) is 15.9 Å². The first-order valence-electron chi connectivity index (χ1n) is 9.36. The van der Waals surface area contributed by atoms with Crippen LogP contribution in [0.4, 0.5) is 0 Å². The van der Waals surface area contributed by atoms with E-state index in [4.69, 9.17) is 4.74 Å². The van der Waals surface area contributed by atoms with Crippen LogP contribution >= 0.6 is 0 Å². The molecule has 0 aromatic carbocycles. The summed E-state index contributed by atoms with van der Waals surface area (Å²) < 4.78 is 33.0. The van der Waals surface area contributed by atoms with Crippen molar-refractivity contribution in [3.05, 3.63) is 18.0 Å². The van der Waals surface area contributed by atoms with Crippen LogP contribution in [0.15, 0.2) is 12.4 Å². The van der Waals surface area contributed by atoms with Gasteiger partial charge in [-0.05, 0) is 12.5 Å². The second-order valence-corrected chi connectivity index (χ2v) is 9.25. The molecular formula is C17H29N5O4S. The molecule has 152 valence electrons. The third-order valence-electron chi connectivity index (χ3n) is 5.11. The number of aryl methyl sites for hydroxylation is 2. The maximum atomic E-state index is 12.3. The van der Waals surface area contributed by atoms with Gasteiger partial charge in [-0.15, -0.1) is 0 Å². The van der Waals surface area contributed by atoms with Gasteiger partial charge in [0.25, 0.3) is 0 Å². The summed E-state index contributed by atoms with van der Waals surface area (Å²) in [6.07, 6.45) is 5.29. The lowest BCUT2D eigenvalue weighted by atomic mass is 10.1. The third kappa shape index (κ3) is 5.50. The molecule has 0 unspecified atom stereocenters. The zero-order chi connectivity index (χ0) is 19.4. The van der Waals surface area contributed by atoms with Crippen LogP contribution in [0, 0.1) is 6.92 Å². The van der Waals surface area contributed by atoms with Gasteiger partial charge in [0, 0.05) is 58.4 Å². The minimum absolute atomic E-state index is 0.0426. The van der Waals surface area contributed by atoms with Gasteiger partial charge in [0.15, 0.2) is 0 Å². The van der Waals surface area contributed by atoms with E-state index in [9.17, 15) is 13.2 Å². The van der Waals surface area contributed by atoms with Crippen molar-refractivity contribution in [3.8, 4) is 0 Å². The zero-order valence-electron chi connectivity index (χ0n) is 16.1. The number of sulfonamides is 1. The number of amides is 1. The van der Waals surface area contributed by atoms with Gasteiger partial charge in [-0.2, -0.15) is 9.40 Å². The van der Waals surface area contributed by atoms with Crippen LogP contribution < -0.4 is 0 Å². The Labute approximate surface area is 160 Å². The highest BCUT2D eigenvalue weighted by Crippen LogP contribution is 2.19. The molecule has 0 spiro atoms. The third-order valence-corrected chi connectivity index (χ3v) is 6.44. The molecule has 27 heavy (non-hydrogen) atoms. The maximum Gasteiger partial charge on any atom is 0.224 e. The first-order valence-corrected chi connectivity index (χ1v) is 11.2. The Morgan fingerprint density at radius 2 is 2.00 bits per heavy atom. The van der Waals surface area contributed by atoms with Crippen molar-refractivity contribution in [2.75, 3.05) is 58.7 Å². The average molecular weight is 400 g/mol. The zero-order valence-corrected chi connectivity index (χ0v) is 16.9. The molecule has 0 aliphatic carbocycles. The summed E-state index contributed by atoms with van der Waals surface area (Å²) in [6, 6.07) is -0.128. The number of hydrogen-bond acceptors (Lipinski definition) is 6. The summed E-state index contributed by atoms with van der Waals surface area (Å²) in [4.78, 5) is 16.3. The summed E-state index contributed by atoms with van der Waals surface area (Å²) in [6.45, 7) is 7.64. The van der Waals surface area contributed by atoms with E-state index in [2.05, 4.69) is 10.00 Å². The number of nitrogens with zero attached hydrogens (tertiary/aromatic N) is 5. The van der Waals surface area contributed by atoms with E-state index in [0.29, 0.717) is 52.4 Å². The van der Waals surface area contributed by atoms with Gasteiger partial charge in [0.1, 0.15) is 0 Å². The predicted octanol–water partition coefficient (Wildman–Crippen LogP) is -0.614. The Bertz CT molecular complexity index is 738. The normalized spacial score (nSPS) is 19.4. The lowest BCUT2D eigenvalue weighted by Crippen LogP contribution is -2.63. The lowest BCUT2D eigenvalue weighted by Gasteiger charge is -2.44. The quantitative estimate of drug-likeness (QED) is 0.579. The first-order chi connectivity index (χ1) is 12.8. The molecule has 3 heterocycles. The summed E-state index contributed by atoms with van der Waals surface area (Å²) in [5, 5.41) is 4.18. The highest BCUT2D eigenvalue weighted by molar-refractivity contribution is 7.88. The van der Waals surface area contributed by atoms with Crippen LogP contribution in [0.3, 0.4) is 0 Å². The molecule has 0 atom stereocenters. The summed E-state index contributed by atoms with van der Waals surface area (Å²) in [7, 11) is -3.30. The Hall–Kier alpha value is -1.49. The fourth-order valence-electron chi connectivity index (χ4n) is 3.48. The highest BCUT2D eigenvalue weighted by atomic mass is 32.2. The van der Waals surface area contributed by atoms with E-state index in [1.165, 1.54) is 6.26 Å². The van der Waals surface area contributed by atoms with Crippen molar-refractivity contribution in [1.82, 2.24) is 23.9 Å². The molecule has 0 bridgehead atoms. The number of morpholine rings is 1. The van der Waals surface area contributed by atoms with Gasteiger partial charge in [0.05, 0.1) is 31.7 Å². The van der Waals surface area contributed by atoms with Crippen molar-refractivity contribution in [2.45, 2.75) is 25.9 Å². The van der Waals surface area contributed by atoms with Crippen molar-refractivity contribution < 1.29 is 17.9 Å². The van der Waals surface area contributed by atoms with E-state index in [1.54, 1.807) is 20.1 Å². The molecule has 0 saturated carbocycles. The largest absolute Gasteiger partial charge is 0.379 e. The summed E-state index contributed by atoms with van der Waals surface area (Å²) in [5.74, 6) is 0.0426. The van der Waals surface area contributed by atoms with Crippen LogP contribution in [0.25, 0.3) is 0 Å². The molecule has 1 aromatic rings. The molecule has 0 N–H and O–H groups in total. The van der Waals surface area contributed by atoms with Crippen LogP contribution in [0.5, 0.6) is 0 Å². The van der Waals surface area contributed by atoms with Crippen molar-refractivity contribution in [1.29, 1.82) is 0 Å². The molecule has 3 rings (SSSR count). The summed E-state index contributed by atoms with van der Waals surface area (Å²) in [5.41, 5.74) is 1.07. The number of aromatic nitrogens is 2. The second kappa shape index (κ2) is 8.68. The number of carbonyl (C=O) groups excluding carboxylic acids is 1. The monoisotopic (exact) mass is 399 g/mol. The Morgan fingerprint density at radius 3 is 2.59 bits per heavy atom. The van der Waals surface area contributed by atoms with Crippen molar-refractivity contribution >= 4 is 15.9 Å². The lowest BCUT2D eigenvalue weighted by molar-refractivity contribution is -0.137. The second-order valence-electron chi connectivity index (χ2n) is 7.31. The van der Waals surface area contributed by atoms with Crippen LogP contribution in [-0.2, 0) is 26.1 Å². The van der Waals surface area contributed by atoms with E-state index >= 15 is 0 Å². The topological polar surface area (TPSA) is 88.0 Å². The van der Waals surface area contributed by atoms with Gasteiger partial charge in [-0.1, -0.05) is 0 Å². The van der Waals surface area contributed by atoms with Crippen LogP contribution in [0.2, 0.25) is 0 Å². The van der Waals surface area contributed by atoms with Crippen LogP contribution in [-0.4, -0.2) is 103 Å². The molecule has 0 radical (unpaired) electrons.